The fourth-order valence-corrected chi connectivity index (χ4v) is 3.87. The summed E-state index contributed by atoms with van der Waals surface area (Å²) in [7, 11) is 1.37. The van der Waals surface area contributed by atoms with Crippen molar-refractivity contribution in [1.29, 1.82) is 0 Å². The molecule has 1 rings (SSSR count). The van der Waals surface area contributed by atoms with Crippen LogP contribution in [-0.4, -0.2) is 42.5 Å². The molecule has 0 saturated carbocycles. The molecule has 0 aromatic carbocycles. The molecule has 35 heavy (non-hydrogen) atoms. The maximum absolute atomic E-state index is 10.5. The fraction of sp³-hybridized carbons (Fsp3) is 0.621. The number of aliphatic hydroxyl groups is 1. The van der Waals surface area contributed by atoms with Gasteiger partial charge in [-0.05, 0) is 64.4 Å². The molecule has 0 spiro atoms. The van der Waals surface area contributed by atoms with Crippen LogP contribution in [0.5, 0.6) is 0 Å². The third-order valence-electron chi connectivity index (χ3n) is 6.03. The van der Waals surface area contributed by atoms with Crippen LogP contribution in [0.25, 0.3) is 0 Å². The fourth-order valence-electron chi connectivity index (χ4n) is 3.87. The van der Waals surface area contributed by atoms with E-state index in [9.17, 15) is 4.79 Å². The molecule has 0 amide bonds. The van der Waals surface area contributed by atoms with Gasteiger partial charge in [0.1, 0.15) is 0 Å². The zero-order chi connectivity index (χ0) is 26.8. The number of carbonyl (C=O) groups excluding carboxylic acids is 1. The SMILES string of the molecule is C/C=C/C1OC(C(N)/C=C/C=C(\C)CC(C)/C=C(C)\C=C\O)CCC1C.CCC(N)CC(=O)OC. The molecule has 1 aliphatic heterocycles. The first kappa shape index (κ1) is 32.8. The van der Waals surface area contributed by atoms with Crippen molar-refractivity contribution in [3.05, 3.63) is 59.9 Å². The van der Waals surface area contributed by atoms with Crippen LogP contribution in [0, 0.1) is 11.8 Å². The van der Waals surface area contributed by atoms with Crippen molar-refractivity contribution in [3.8, 4) is 0 Å². The number of ether oxygens (including phenoxy) is 2. The highest BCUT2D eigenvalue weighted by molar-refractivity contribution is 5.69. The number of nitrogens with two attached hydrogens (primary N) is 2. The Morgan fingerprint density at radius 1 is 1.23 bits per heavy atom. The number of hydrogen-bond donors (Lipinski definition) is 3. The van der Waals surface area contributed by atoms with Crippen molar-refractivity contribution < 1.29 is 19.4 Å². The predicted octanol–water partition coefficient (Wildman–Crippen LogP) is 5.91. The van der Waals surface area contributed by atoms with Gasteiger partial charge in [0.2, 0.25) is 0 Å². The first-order valence-corrected chi connectivity index (χ1v) is 12.8. The summed E-state index contributed by atoms with van der Waals surface area (Å²) in [5, 5.41) is 8.80. The molecule has 1 saturated heterocycles. The van der Waals surface area contributed by atoms with Crippen LogP contribution in [0.4, 0.5) is 0 Å². The molecule has 6 heteroatoms. The lowest BCUT2D eigenvalue weighted by Crippen LogP contribution is -2.42. The second kappa shape index (κ2) is 19.1. The average molecular weight is 491 g/mol. The molecule has 1 aliphatic rings. The maximum Gasteiger partial charge on any atom is 0.307 e. The van der Waals surface area contributed by atoms with Gasteiger partial charge in [0.15, 0.2) is 0 Å². The van der Waals surface area contributed by atoms with E-state index in [-0.39, 0.29) is 30.3 Å². The number of esters is 1. The van der Waals surface area contributed by atoms with Crippen LogP contribution >= 0.6 is 0 Å². The second-order valence-corrected chi connectivity index (χ2v) is 9.55. The molecule has 6 atom stereocenters. The lowest BCUT2D eigenvalue weighted by molar-refractivity contribution is -0.141. The van der Waals surface area contributed by atoms with E-state index in [1.165, 1.54) is 12.7 Å². The van der Waals surface area contributed by atoms with Gasteiger partial charge < -0.3 is 26.0 Å². The lowest BCUT2D eigenvalue weighted by atomic mass is 9.90. The van der Waals surface area contributed by atoms with Crippen LogP contribution < -0.4 is 11.5 Å². The van der Waals surface area contributed by atoms with Crippen molar-refractivity contribution in [1.82, 2.24) is 0 Å². The smallest absolute Gasteiger partial charge is 0.307 e. The van der Waals surface area contributed by atoms with Crippen LogP contribution in [0.15, 0.2) is 59.9 Å². The topological polar surface area (TPSA) is 108 Å². The number of carbonyl (C=O) groups is 1. The molecule has 0 aromatic rings. The Labute approximate surface area is 213 Å². The standard InChI is InChI=1S/C23H37NO2.C6H13NO2/c1-6-8-22-20(5)11-12-23(26-22)21(24)10-7-9-17(2)15-19(4)16-18(3)13-14-25;1-3-5(7)4-6(8)9-2/h6-10,13-14,16,19-23,25H,11-12,15,24H2,1-5H3;5H,3-4,7H2,1-2H3/b8-6+,10-7+,14-13+,17-9+,18-16-;. The Morgan fingerprint density at radius 2 is 1.91 bits per heavy atom. The number of hydrogen-bond acceptors (Lipinski definition) is 6. The Balaban J connectivity index is 0.00000109. The van der Waals surface area contributed by atoms with Crippen LogP contribution in [0.1, 0.15) is 73.6 Å². The molecule has 0 bridgehead atoms. The number of rotatable bonds is 11. The third kappa shape index (κ3) is 15.5. The molecule has 0 aliphatic carbocycles. The molecule has 200 valence electrons. The molecule has 0 aromatic heterocycles. The highest BCUT2D eigenvalue weighted by Gasteiger charge is 2.29. The molecule has 5 N–H and O–H groups in total. The summed E-state index contributed by atoms with van der Waals surface area (Å²) in [4.78, 5) is 10.5. The van der Waals surface area contributed by atoms with Crippen LogP contribution in [0.2, 0.25) is 0 Å². The summed E-state index contributed by atoms with van der Waals surface area (Å²) >= 11 is 0. The van der Waals surface area contributed by atoms with Gasteiger partial charge in [0.05, 0.1) is 32.0 Å². The van der Waals surface area contributed by atoms with Gasteiger partial charge in [-0.3, -0.25) is 4.79 Å². The molecule has 1 fully saturated rings. The summed E-state index contributed by atoms with van der Waals surface area (Å²) in [6.45, 7) is 12.5. The van der Waals surface area contributed by atoms with E-state index < -0.39 is 0 Å². The number of aliphatic hydroxyl groups excluding tert-OH is 1. The zero-order valence-corrected chi connectivity index (χ0v) is 22.9. The quantitative estimate of drug-likeness (QED) is 0.144. The van der Waals surface area contributed by atoms with Gasteiger partial charge in [-0.2, -0.15) is 0 Å². The summed E-state index contributed by atoms with van der Waals surface area (Å²) in [6, 6.07) is -0.119. The van der Waals surface area contributed by atoms with Gasteiger partial charge in [0, 0.05) is 12.1 Å². The third-order valence-corrected chi connectivity index (χ3v) is 6.03. The minimum atomic E-state index is -0.232. The second-order valence-electron chi connectivity index (χ2n) is 9.55. The molecule has 1 heterocycles. The van der Waals surface area contributed by atoms with Crippen LogP contribution in [0.3, 0.4) is 0 Å². The van der Waals surface area contributed by atoms with Gasteiger partial charge in [-0.25, -0.2) is 0 Å². The highest BCUT2D eigenvalue weighted by atomic mass is 16.5. The number of methoxy groups -OCH3 is 1. The Bertz CT molecular complexity index is 739. The number of allylic oxidation sites excluding steroid dienone is 7. The van der Waals surface area contributed by atoms with E-state index in [0.717, 1.165) is 37.5 Å². The maximum atomic E-state index is 10.5. The molecule has 6 unspecified atom stereocenters. The van der Waals surface area contributed by atoms with Gasteiger partial charge in [0.25, 0.3) is 0 Å². The van der Waals surface area contributed by atoms with Gasteiger partial charge in [-0.15, -0.1) is 0 Å². The first-order chi connectivity index (χ1) is 16.6. The summed E-state index contributed by atoms with van der Waals surface area (Å²) in [6.07, 6.45) is 20.0. The monoisotopic (exact) mass is 490 g/mol. The largest absolute Gasteiger partial charge is 0.516 e. The van der Waals surface area contributed by atoms with E-state index in [0.29, 0.717) is 18.3 Å². The zero-order valence-electron chi connectivity index (χ0n) is 22.9. The Hall–Kier alpha value is -2.15. The van der Waals surface area contributed by atoms with Gasteiger partial charge >= 0.3 is 5.97 Å². The highest BCUT2D eigenvalue weighted by Crippen LogP contribution is 2.27. The molecular weight excluding hydrogens is 440 g/mol. The lowest BCUT2D eigenvalue weighted by Gasteiger charge is -2.35. The van der Waals surface area contributed by atoms with Crippen LogP contribution in [-0.2, 0) is 14.3 Å². The summed E-state index contributed by atoms with van der Waals surface area (Å²) < 4.78 is 10.6. The van der Waals surface area contributed by atoms with Gasteiger partial charge in [-0.1, -0.05) is 68.4 Å². The minimum Gasteiger partial charge on any atom is -0.516 e. The van der Waals surface area contributed by atoms with Crippen molar-refractivity contribution in [2.45, 2.75) is 97.9 Å². The van der Waals surface area contributed by atoms with E-state index in [4.69, 9.17) is 21.3 Å². The van der Waals surface area contributed by atoms with Crippen molar-refractivity contribution in [2.75, 3.05) is 7.11 Å². The average Bonchev–Trinajstić information content (AvgIpc) is 2.80. The minimum absolute atomic E-state index is 0.0440. The summed E-state index contributed by atoms with van der Waals surface area (Å²) in [5.41, 5.74) is 14.2. The Morgan fingerprint density at radius 3 is 2.49 bits per heavy atom. The van der Waals surface area contributed by atoms with Crippen molar-refractivity contribution in [2.24, 2.45) is 23.3 Å². The normalized spacial score (nSPS) is 24.3. The molecular formula is C29H50N2O4. The van der Waals surface area contributed by atoms with E-state index in [1.54, 1.807) is 6.08 Å². The van der Waals surface area contributed by atoms with Crippen molar-refractivity contribution >= 4 is 5.97 Å². The van der Waals surface area contributed by atoms with E-state index in [2.05, 4.69) is 62.0 Å². The molecule has 6 nitrogen and oxygen atoms in total. The van der Waals surface area contributed by atoms with E-state index >= 15 is 0 Å². The Kier molecular flexibility index (Phi) is 17.9. The molecule has 0 radical (unpaired) electrons. The summed E-state index contributed by atoms with van der Waals surface area (Å²) in [5.74, 6) is 0.748. The van der Waals surface area contributed by atoms with E-state index in [1.807, 2.05) is 20.8 Å². The first-order valence-electron chi connectivity index (χ1n) is 12.8. The predicted molar refractivity (Wildman–Crippen MR) is 147 cm³/mol. The van der Waals surface area contributed by atoms with Crippen molar-refractivity contribution in [3.63, 3.8) is 0 Å².